The van der Waals surface area contributed by atoms with Crippen LogP contribution >= 0.6 is 0 Å². The second kappa shape index (κ2) is 21.3. The number of carbonyl (C=O) groups excluding carboxylic acids is 2. The van der Waals surface area contributed by atoms with E-state index in [2.05, 4.69) is 19.2 Å². The van der Waals surface area contributed by atoms with Crippen molar-refractivity contribution in [2.75, 3.05) is 13.2 Å². The number of ether oxygens (including phenoxy) is 2. The largest absolute Gasteiger partial charge is 0.464 e. The molecule has 1 amide bonds. The van der Waals surface area contributed by atoms with Gasteiger partial charge in [0, 0.05) is 0 Å². The lowest BCUT2D eigenvalue weighted by molar-refractivity contribution is -0.146. The van der Waals surface area contributed by atoms with Crippen LogP contribution in [0.2, 0.25) is 0 Å². The van der Waals surface area contributed by atoms with Crippen molar-refractivity contribution in [1.29, 1.82) is 0 Å². The van der Waals surface area contributed by atoms with Crippen LogP contribution in [-0.2, 0) is 14.3 Å². The van der Waals surface area contributed by atoms with E-state index in [0.717, 1.165) is 25.7 Å². The molecule has 0 aromatic heterocycles. The molecule has 0 aliphatic carbocycles. The number of hydrogen-bond donors (Lipinski definition) is 1. The third kappa shape index (κ3) is 22.3. The second-order valence-electron chi connectivity index (χ2n) is 10.7. The lowest BCUT2D eigenvalue weighted by atomic mass is 9.99. The predicted molar refractivity (Wildman–Crippen MR) is 139 cm³/mol. The van der Waals surface area contributed by atoms with Crippen molar-refractivity contribution in [3.05, 3.63) is 0 Å². The van der Waals surface area contributed by atoms with Gasteiger partial charge in [-0.3, -0.25) is 0 Å². The number of hydrogen-bond acceptors (Lipinski definition) is 4. The molecule has 33 heavy (non-hydrogen) atoms. The van der Waals surface area contributed by atoms with E-state index in [1.807, 2.05) is 20.8 Å². The topological polar surface area (TPSA) is 64.6 Å². The van der Waals surface area contributed by atoms with Gasteiger partial charge in [-0.05, 0) is 18.3 Å². The molecule has 0 aliphatic heterocycles. The van der Waals surface area contributed by atoms with E-state index in [0.29, 0.717) is 19.6 Å². The number of esters is 1. The monoisotopic (exact) mass is 469 g/mol. The van der Waals surface area contributed by atoms with Crippen molar-refractivity contribution in [2.45, 2.75) is 150 Å². The summed E-state index contributed by atoms with van der Waals surface area (Å²) >= 11 is 0. The SMILES string of the molecule is CCCCCCCCCCCCCCCCOC(=O)C(CCCC)NC(=O)OCC(C)(C)C. The Morgan fingerprint density at radius 1 is 0.667 bits per heavy atom. The van der Waals surface area contributed by atoms with E-state index in [4.69, 9.17) is 9.47 Å². The van der Waals surface area contributed by atoms with E-state index in [1.165, 1.54) is 77.0 Å². The Hall–Kier alpha value is -1.26. The van der Waals surface area contributed by atoms with Gasteiger partial charge in [-0.2, -0.15) is 0 Å². The van der Waals surface area contributed by atoms with Gasteiger partial charge < -0.3 is 14.8 Å². The molecule has 0 saturated heterocycles. The zero-order valence-electron chi connectivity index (χ0n) is 22.6. The van der Waals surface area contributed by atoms with E-state index in [-0.39, 0.29) is 11.4 Å². The Balaban J connectivity index is 3.78. The Kier molecular flexibility index (Phi) is 20.5. The van der Waals surface area contributed by atoms with Crippen molar-refractivity contribution in [3.63, 3.8) is 0 Å². The normalized spacial score (nSPS) is 12.4. The minimum absolute atomic E-state index is 0.106. The molecule has 0 rings (SSSR count). The second-order valence-corrected chi connectivity index (χ2v) is 10.7. The fourth-order valence-electron chi connectivity index (χ4n) is 3.69. The molecular formula is C28H55NO4. The van der Waals surface area contributed by atoms with Crippen molar-refractivity contribution >= 4 is 12.1 Å². The van der Waals surface area contributed by atoms with E-state index < -0.39 is 12.1 Å². The van der Waals surface area contributed by atoms with Gasteiger partial charge in [0.15, 0.2) is 0 Å². The number of alkyl carbamates (subject to hydrolysis) is 1. The predicted octanol–water partition coefficient (Wildman–Crippen LogP) is 8.34. The molecule has 196 valence electrons. The quantitative estimate of drug-likeness (QED) is 0.135. The molecule has 0 radical (unpaired) electrons. The number of amides is 1. The number of unbranched alkanes of at least 4 members (excludes halogenated alkanes) is 14. The maximum Gasteiger partial charge on any atom is 0.407 e. The summed E-state index contributed by atoms with van der Waals surface area (Å²) in [5.41, 5.74) is -0.106. The van der Waals surface area contributed by atoms with Crippen molar-refractivity contribution in [1.82, 2.24) is 5.32 Å². The van der Waals surface area contributed by atoms with Gasteiger partial charge in [0.25, 0.3) is 0 Å². The summed E-state index contributed by atoms with van der Waals surface area (Å²) in [7, 11) is 0. The number of nitrogens with one attached hydrogen (secondary N) is 1. The zero-order valence-corrected chi connectivity index (χ0v) is 22.6. The summed E-state index contributed by atoms with van der Waals surface area (Å²) in [4.78, 5) is 24.5. The minimum atomic E-state index is -0.621. The smallest absolute Gasteiger partial charge is 0.407 e. The highest BCUT2D eigenvalue weighted by Crippen LogP contribution is 2.14. The lowest BCUT2D eigenvalue weighted by Crippen LogP contribution is -2.42. The molecule has 1 unspecified atom stereocenters. The van der Waals surface area contributed by atoms with E-state index >= 15 is 0 Å². The number of carbonyl (C=O) groups is 2. The molecule has 1 atom stereocenters. The van der Waals surface area contributed by atoms with Gasteiger partial charge in [-0.15, -0.1) is 0 Å². The van der Waals surface area contributed by atoms with Crippen LogP contribution in [0.1, 0.15) is 144 Å². The van der Waals surface area contributed by atoms with Crippen LogP contribution in [-0.4, -0.2) is 31.3 Å². The van der Waals surface area contributed by atoms with E-state index in [1.54, 1.807) is 0 Å². The first kappa shape index (κ1) is 31.7. The first-order valence-corrected chi connectivity index (χ1v) is 13.9. The highest BCUT2D eigenvalue weighted by molar-refractivity contribution is 5.81. The fourth-order valence-corrected chi connectivity index (χ4v) is 3.69. The van der Waals surface area contributed by atoms with Crippen LogP contribution < -0.4 is 5.32 Å². The van der Waals surface area contributed by atoms with Crippen LogP contribution in [0.25, 0.3) is 0 Å². The van der Waals surface area contributed by atoms with E-state index in [9.17, 15) is 9.59 Å². The molecule has 5 nitrogen and oxygen atoms in total. The maximum absolute atomic E-state index is 12.4. The molecule has 0 saturated carbocycles. The first-order valence-electron chi connectivity index (χ1n) is 13.9. The zero-order chi connectivity index (χ0) is 24.8. The summed E-state index contributed by atoms with van der Waals surface area (Å²) in [6.07, 6.45) is 20.1. The number of rotatable bonds is 21. The lowest BCUT2D eigenvalue weighted by Gasteiger charge is -2.21. The molecule has 1 N–H and O–H groups in total. The first-order chi connectivity index (χ1) is 15.8. The summed E-state index contributed by atoms with van der Waals surface area (Å²) in [5, 5.41) is 2.69. The summed E-state index contributed by atoms with van der Waals surface area (Å²) in [5.74, 6) is -0.342. The third-order valence-electron chi connectivity index (χ3n) is 5.80. The minimum Gasteiger partial charge on any atom is -0.464 e. The molecule has 0 bridgehead atoms. The molecule has 0 aromatic rings. The maximum atomic E-state index is 12.4. The van der Waals surface area contributed by atoms with Crippen molar-refractivity contribution < 1.29 is 19.1 Å². The highest BCUT2D eigenvalue weighted by atomic mass is 16.6. The molecule has 0 spiro atoms. The Labute approximate surface area is 205 Å². The standard InChI is InChI=1S/C28H55NO4/c1-6-8-10-11-12-13-14-15-16-17-18-19-20-21-23-32-26(30)25(22-9-7-2)29-27(31)33-24-28(3,4)5/h25H,6-24H2,1-5H3,(H,29,31). The molecule has 0 aliphatic rings. The Bertz CT molecular complexity index is 473. The molecule has 0 heterocycles. The highest BCUT2D eigenvalue weighted by Gasteiger charge is 2.23. The molecule has 0 aromatic carbocycles. The van der Waals surface area contributed by atoms with Gasteiger partial charge in [0.2, 0.25) is 0 Å². The van der Waals surface area contributed by atoms with Crippen LogP contribution in [0.5, 0.6) is 0 Å². The Morgan fingerprint density at radius 3 is 1.58 bits per heavy atom. The average molecular weight is 470 g/mol. The van der Waals surface area contributed by atoms with Crippen LogP contribution in [0.4, 0.5) is 4.79 Å². The molecular weight excluding hydrogens is 414 g/mol. The average Bonchev–Trinajstić information content (AvgIpc) is 2.77. The van der Waals surface area contributed by atoms with Crippen molar-refractivity contribution in [3.8, 4) is 0 Å². The van der Waals surface area contributed by atoms with Crippen LogP contribution in [0.3, 0.4) is 0 Å². The van der Waals surface area contributed by atoms with Gasteiger partial charge in [-0.1, -0.05) is 131 Å². The van der Waals surface area contributed by atoms with Gasteiger partial charge in [-0.25, -0.2) is 9.59 Å². The third-order valence-corrected chi connectivity index (χ3v) is 5.80. The Morgan fingerprint density at radius 2 is 1.12 bits per heavy atom. The summed E-state index contributed by atoms with van der Waals surface area (Å²) in [6, 6.07) is -0.621. The van der Waals surface area contributed by atoms with Gasteiger partial charge in [0.05, 0.1) is 13.2 Å². The van der Waals surface area contributed by atoms with Gasteiger partial charge >= 0.3 is 12.1 Å². The van der Waals surface area contributed by atoms with Crippen LogP contribution in [0.15, 0.2) is 0 Å². The molecule has 0 fully saturated rings. The summed E-state index contributed by atoms with van der Waals surface area (Å²) < 4.78 is 10.7. The summed E-state index contributed by atoms with van der Waals surface area (Å²) in [6.45, 7) is 11.1. The fraction of sp³-hybridized carbons (Fsp3) is 0.929. The van der Waals surface area contributed by atoms with Gasteiger partial charge in [0.1, 0.15) is 6.04 Å². The van der Waals surface area contributed by atoms with Crippen LogP contribution in [0, 0.1) is 5.41 Å². The van der Waals surface area contributed by atoms with Crippen molar-refractivity contribution in [2.24, 2.45) is 5.41 Å². The molecule has 5 heteroatoms.